The van der Waals surface area contributed by atoms with Crippen LogP contribution in [-0.4, -0.2) is 33.8 Å². The monoisotopic (exact) mass is 490 g/mol. The molecule has 5 rings (SSSR count). The summed E-state index contributed by atoms with van der Waals surface area (Å²) in [6.45, 7) is 1.21. The first kappa shape index (κ1) is 23.2. The average molecular weight is 491 g/mol. The van der Waals surface area contributed by atoms with E-state index in [1.54, 1.807) is 6.20 Å². The smallest absolute Gasteiger partial charge is 0.187 e. The Kier molecular flexibility index (Phi) is 7.36. The van der Waals surface area contributed by atoms with Gasteiger partial charge in [-0.3, -0.25) is 0 Å². The summed E-state index contributed by atoms with van der Waals surface area (Å²) in [5, 5.41) is 0.749. The molecule has 0 saturated carbocycles. The number of halogens is 1. The van der Waals surface area contributed by atoms with Gasteiger partial charge in [-0.2, -0.15) is 0 Å². The zero-order valence-corrected chi connectivity index (χ0v) is 20.4. The van der Waals surface area contributed by atoms with Gasteiger partial charge in [0.1, 0.15) is 0 Å². The molecule has 4 nitrogen and oxygen atoms in total. The van der Waals surface area contributed by atoms with Gasteiger partial charge in [0, 0.05) is 34.5 Å². The van der Waals surface area contributed by atoms with Crippen molar-refractivity contribution in [2.24, 2.45) is 0 Å². The van der Waals surface area contributed by atoms with Crippen molar-refractivity contribution >= 4 is 23.4 Å². The van der Waals surface area contributed by atoms with E-state index in [4.69, 9.17) is 21.1 Å². The van der Waals surface area contributed by atoms with E-state index in [2.05, 4.69) is 65.6 Å². The van der Waals surface area contributed by atoms with Crippen molar-refractivity contribution in [1.29, 1.82) is 0 Å². The maximum absolute atomic E-state index is 6.56. The van der Waals surface area contributed by atoms with E-state index in [1.165, 1.54) is 21.6 Å². The van der Waals surface area contributed by atoms with Crippen LogP contribution in [0.2, 0.25) is 5.02 Å². The molecule has 0 aliphatic carbocycles. The first-order chi connectivity index (χ1) is 16.7. The van der Waals surface area contributed by atoms with Gasteiger partial charge < -0.3 is 14.0 Å². The van der Waals surface area contributed by atoms with Gasteiger partial charge in [0.15, 0.2) is 5.79 Å². The third-order valence-corrected chi connectivity index (χ3v) is 7.40. The molecule has 1 aromatic heterocycles. The Bertz CT molecular complexity index is 1170. The predicted octanol–water partition coefficient (Wildman–Crippen LogP) is 6.74. The predicted molar refractivity (Wildman–Crippen MR) is 138 cm³/mol. The fourth-order valence-electron chi connectivity index (χ4n) is 4.20. The van der Waals surface area contributed by atoms with E-state index in [0.29, 0.717) is 13.2 Å². The van der Waals surface area contributed by atoms with E-state index in [9.17, 15) is 0 Å². The van der Waals surface area contributed by atoms with E-state index in [0.717, 1.165) is 23.6 Å². The summed E-state index contributed by atoms with van der Waals surface area (Å²) in [6.07, 6.45) is 7.20. The van der Waals surface area contributed by atoms with Crippen LogP contribution < -0.4 is 0 Å². The Morgan fingerprint density at radius 1 is 0.971 bits per heavy atom. The summed E-state index contributed by atoms with van der Waals surface area (Å²) in [5.41, 5.74) is 3.68. The lowest BCUT2D eigenvalue weighted by Crippen LogP contribution is -2.37. The van der Waals surface area contributed by atoms with Gasteiger partial charge in [0.05, 0.1) is 25.6 Å². The zero-order valence-electron chi connectivity index (χ0n) is 18.8. The second kappa shape index (κ2) is 10.8. The summed E-state index contributed by atoms with van der Waals surface area (Å²) in [4.78, 5) is 5.41. The summed E-state index contributed by atoms with van der Waals surface area (Å²) >= 11 is 7.85. The molecular weight excluding hydrogens is 464 g/mol. The number of hydrogen-bond donors (Lipinski definition) is 0. The van der Waals surface area contributed by atoms with Crippen LogP contribution >= 0.6 is 23.4 Å². The highest BCUT2D eigenvalue weighted by molar-refractivity contribution is 7.99. The molecular formula is C28H27ClN2O2S. The normalized spacial score (nSPS) is 20.0. The minimum absolute atomic E-state index is 0.0348. The molecule has 1 fully saturated rings. The van der Waals surface area contributed by atoms with Crippen molar-refractivity contribution in [3.05, 3.63) is 108 Å². The van der Waals surface area contributed by atoms with Gasteiger partial charge in [0.2, 0.25) is 0 Å². The Balaban J connectivity index is 1.21. The van der Waals surface area contributed by atoms with Crippen LogP contribution in [0.3, 0.4) is 0 Å². The third kappa shape index (κ3) is 5.91. The standard InChI is InChI=1S/C28H27ClN2O2S/c29-25-10-6-22(7-11-25)14-15-28(20-31-17-16-30-21-31)32-18-26(33-28)19-34-27-12-8-24(9-13-27)23-4-2-1-3-5-23/h1-13,16-17,21,26H,14-15,18-20H2. The highest BCUT2D eigenvalue weighted by atomic mass is 35.5. The SMILES string of the molecule is Clc1ccc(CCC2(Cn3ccnc3)OCC(CSc3ccc(-c4ccccc4)cc3)O2)cc1. The molecule has 34 heavy (non-hydrogen) atoms. The Labute approximate surface area is 209 Å². The molecule has 1 aliphatic rings. The van der Waals surface area contributed by atoms with E-state index in [1.807, 2.05) is 47.1 Å². The maximum atomic E-state index is 6.56. The van der Waals surface area contributed by atoms with Crippen LogP contribution in [0.1, 0.15) is 12.0 Å². The summed E-state index contributed by atoms with van der Waals surface area (Å²) in [7, 11) is 0. The number of aryl methyl sites for hydroxylation is 1. The molecule has 4 aromatic rings. The van der Waals surface area contributed by atoms with Gasteiger partial charge in [-0.05, 0) is 47.4 Å². The van der Waals surface area contributed by atoms with Gasteiger partial charge in [0.25, 0.3) is 0 Å². The number of hydrogen-bond acceptors (Lipinski definition) is 4. The molecule has 2 unspecified atom stereocenters. The second-order valence-corrected chi connectivity index (χ2v) is 10.1. The summed E-state index contributed by atoms with van der Waals surface area (Å²) in [5.74, 6) is 0.181. The van der Waals surface area contributed by atoms with Crippen molar-refractivity contribution in [3.63, 3.8) is 0 Å². The largest absolute Gasteiger partial charge is 0.345 e. The van der Waals surface area contributed by atoms with Crippen molar-refractivity contribution in [2.45, 2.75) is 36.2 Å². The molecule has 1 aliphatic heterocycles. The number of ether oxygens (including phenoxy) is 2. The molecule has 1 saturated heterocycles. The highest BCUT2D eigenvalue weighted by Crippen LogP contribution is 2.34. The highest BCUT2D eigenvalue weighted by Gasteiger charge is 2.41. The molecule has 0 bridgehead atoms. The summed E-state index contributed by atoms with van der Waals surface area (Å²) < 4.78 is 14.9. The van der Waals surface area contributed by atoms with Gasteiger partial charge >= 0.3 is 0 Å². The van der Waals surface area contributed by atoms with Crippen LogP contribution in [0.5, 0.6) is 0 Å². The van der Waals surface area contributed by atoms with Crippen molar-refractivity contribution in [2.75, 3.05) is 12.4 Å². The molecule has 0 amide bonds. The number of nitrogens with zero attached hydrogens (tertiary/aromatic N) is 2. The van der Waals surface area contributed by atoms with Crippen molar-refractivity contribution < 1.29 is 9.47 Å². The number of benzene rings is 3. The second-order valence-electron chi connectivity index (χ2n) is 8.52. The zero-order chi connectivity index (χ0) is 23.2. The molecule has 0 spiro atoms. The average Bonchev–Trinajstić information content (AvgIpc) is 3.54. The molecule has 0 N–H and O–H groups in total. The van der Waals surface area contributed by atoms with Gasteiger partial charge in [-0.25, -0.2) is 4.98 Å². The van der Waals surface area contributed by atoms with Gasteiger partial charge in [-0.1, -0.05) is 66.2 Å². The fraction of sp³-hybridized carbons (Fsp3) is 0.250. The van der Waals surface area contributed by atoms with E-state index in [-0.39, 0.29) is 6.10 Å². The van der Waals surface area contributed by atoms with Crippen LogP contribution in [0.4, 0.5) is 0 Å². The maximum Gasteiger partial charge on any atom is 0.187 e. The Hall–Kier alpha value is -2.57. The lowest BCUT2D eigenvalue weighted by Gasteiger charge is -2.28. The number of rotatable bonds is 9. The minimum atomic E-state index is -0.664. The van der Waals surface area contributed by atoms with E-state index < -0.39 is 5.79 Å². The fourth-order valence-corrected chi connectivity index (χ4v) is 5.20. The lowest BCUT2D eigenvalue weighted by molar-refractivity contribution is -0.180. The van der Waals surface area contributed by atoms with Crippen LogP contribution in [0.15, 0.2) is 102 Å². The van der Waals surface area contributed by atoms with Crippen LogP contribution in [0.25, 0.3) is 11.1 Å². The first-order valence-corrected chi connectivity index (χ1v) is 12.8. The van der Waals surface area contributed by atoms with E-state index >= 15 is 0 Å². The lowest BCUT2D eigenvalue weighted by atomic mass is 10.0. The number of thioether (sulfide) groups is 1. The molecule has 2 atom stereocenters. The Morgan fingerprint density at radius 2 is 1.74 bits per heavy atom. The molecule has 0 radical (unpaired) electrons. The topological polar surface area (TPSA) is 36.3 Å². The minimum Gasteiger partial charge on any atom is -0.345 e. The summed E-state index contributed by atoms with van der Waals surface area (Å²) in [6, 6.07) is 27.2. The Morgan fingerprint density at radius 3 is 2.47 bits per heavy atom. The number of imidazole rings is 1. The molecule has 2 heterocycles. The third-order valence-electron chi connectivity index (χ3n) is 6.00. The van der Waals surface area contributed by atoms with Crippen molar-refractivity contribution in [1.82, 2.24) is 9.55 Å². The van der Waals surface area contributed by atoms with Crippen LogP contribution in [0, 0.1) is 0 Å². The molecule has 3 aromatic carbocycles. The number of aromatic nitrogens is 2. The molecule has 174 valence electrons. The van der Waals surface area contributed by atoms with Gasteiger partial charge in [-0.15, -0.1) is 11.8 Å². The quantitative estimate of drug-likeness (QED) is 0.243. The van der Waals surface area contributed by atoms with Crippen molar-refractivity contribution in [3.8, 4) is 11.1 Å². The first-order valence-electron chi connectivity index (χ1n) is 11.5. The van der Waals surface area contributed by atoms with Crippen LogP contribution in [-0.2, 0) is 22.4 Å². The molecule has 6 heteroatoms.